The lowest BCUT2D eigenvalue weighted by molar-refractivity contribution is 0.148. The molecule has 0 spiro atoms. The predicted molar refractivity (Wildman–Crippen MR) is 76.0 cm³/mol. The lowest BCUT2D eigenvalue weighted by Gasteiger charge is -2.14. The van der Waals surface area contributed by atoms with Gasteiger partial charge in [0.05, 0.1) is 5.88 Å². The van der Waals surface area contributed by atoms with E-state index in [1.807, 2.05) is 0 Å². The first-order chi connectivity index (χ1) is 10.2. The van der Waals surface area contributed by atoms with Crippen LogP contribution in [0.2, 0.25) is 0 Å². The number of benzene rings is 2. The summed E-state index contributed by atoms with van der Waals surface area (Å²) in [6.45, 7) is 0.297. The van der Waals surface area contributed by atoms with Crippen LogP contribution in [0, 0.1) is 11.6 Å². The quantitative estimate of drug-likeness (QED) is 0.792. The number of alkyl halides is 1. The summed E-state index contributed by atoms with van der Waals surface area (Å²) >= 11 is 5.77. The standard InChI is InChI=1S/C16H13ClF2O2/c17-8-11-6-13(19)1-3-15(11)20-9-14-7-10-5-12(18)2-4-16(10)21-14/h1-6,14H,7-9H2. The van der Waals surface area contributed by atoms with E-state index >= 15 is 0 Å². The molecule has 0 saturated carbocycles. The summed E-state index contributed by atoms with van der Waals surface area (Å²) in [6, 6.07) is 8.68. The topological polar surface area (TPSA) is 18.5 Å². The van der Waals surface area contributed by atoms with Crippen LogP contribution in [0.4, 0.5) is 8.78 Å². The lowest BCUT2D eigenvalue weighted by atomic mass is 10.1. The molecule has 1 aliphatic rings. The molecule has 0 aromatic heterocycles. The zero-order chi connectivity index (χ0) is 14.8. The van der Waals surface area contributed by atoms with Crippen molar-refractivity contribution in [1.82, 2.24) is 0 Å². The molecule has 1 unspecified atom stereocenters. The van der Waals surface area contributed by atoms with Crippen molar-refractivity contribution in [2.24, 2.45) is 0 Å². The monoisotopic (exact) mass is 310 g/mol. The van der Waals surface area contributed by atoms with Gasteiger partial charge in [0.25, 0.3) is 0 Å². The Morgan fingerprint density at radius 3 is 2.71 bits per heavy atom. The van der Waals surface area contributed by atoms with E-state index in [-0.39, 0.29) is 23.6 Å². The number of hydrogen-bond donors (Lipinski definition) is 0. The minimum Gasteiger partial charge on any atom is -0.489 e. The normalized spacial score (nSPS) is 16.4. The largest absolute Gasteiger partial charge is 0.489 e. The van der Waals surface area contributed by atoms with Crippen LogP contribution in [0.3, 0.4) is 0 Å². The molecule has 110 valence electrons. The minimum absolute atomic E-state index is 0.171. The van der Waals surface area contributed by atoms with Crippen LogP contribution < -0.4 is 9.47 Å². The van der Waals surface area contributed by atoms with E-state index in [9.17, 15) is 8.78 Å². The maximum atomic E-state index is 13.1. The Labute approximate surface area is 126 Å². The van der Waals surface area contributed by atoms with E-state index in [4.69, 9.17) is 21.1 Å². The van der Waals surface area contributed by atoms with E-state index in [0.717, 1.165) is 5.56 Å². The van der Waals surface area contributed by atoms with Gasteiger partial charge in [0.15, 0.2) is 0 Å². The van der Waals surface area contributed by atoms with Crippen molar-refractivity contribution >= 4 is 11.6 Å². The minimum atomic E-state index is -0.349. The molecule has 0 fully saturated rings. The summed E-state index contributed by atoms with van der Waals surface area (Å²) in [5.41, 5.74) is 1.43. The molecule has 0 aliphatic carbocycles. The summed E-state index contributed by atoms with van der Waals surface area (Å²) < 4.78 is 37.6. The molecule has 0 radical (unpaired) electrons. The Morgan fingerprint density at radius 2 is 1.90 bits per heavy atom. The summed E-state index contributed by atoms with van der Waals surface area (Å²) in [5.74, 6) is 0.767. The highest BCUT2D eigenvalue weighted by atomic mass is 35.5. The summed E-state index contributed by atoms with van der Waals surface area (Å²) in [5, 5.41) is 0. The van der Waals surface area contributed by atoms with Crippen LogP contribution in [0.1, 0.15) is 11.1 Å². The van der Waals surface area contributed by atoms with Gasteiger partial charge in [-0.2, -0.15) is 0 Å². The first-order valence-corrected chi connectivity index (χ1v) is 7.11. The number of fused-ring (bicyclic) bond motifs is 1. The second-order valence-electron chi connectivity index (χ2n) is 4.89. The van der Waals surface area contributed by atoms with E-state index in [0.29, 0.717) is 30.1 Å². The van der Waals surface area contributed by atoms with Gasteiger partial charge in [-0.05, 0) is 36.4 Å². The van der Waals surface area contributed by atoms with Crippen LogP contribution in [-0.2, 0) is 12.3 Å². The van der Waals surface area contributed by atoms with Gasteiger partial charge in [-0.15, -0.1) is 11.6 Å². The zero-order valence-corrected chi connectivity index (χ0v) is 11.9. The van der Waals surface area contributed by atoms with Gasteiger partial charge in [-0.25, -0.2) is 8.78 Å². The van der Waals surface area contributed by atoms with Crippen molar-refractivity contribution in [3.63, 3.8) is 0 Å². The zero-order valence-electron chi connectivity index (χ0n) is 11.1. The molecule has 1 aliphatic heterocycles. The van der Waals surface area contributed by atoms with Gasteiger partial charge in [-0.1, -0.05) is 0 Å². The number of hydrogen-bond acceptors (Lipinski definition) is 2. The fourth-order valence-corrected chi connectivity index (χ4v) is 2.57. The summed E-state index contributed by atoms with van der Waals surface area (Å²) in [4.78, 5) is 0. The van der Waals surface area contributed by atoms with Gasteiger partial charge in [0.1, 0.15) is 35.8 Å². The Hall–Kier alpha value is -1.81. The highest BCUT2D eigenvalue weighted by molar-refractivity contribution is 6.17. The first kappa shape index (κ1) is 14.1. The highest BCUT2D eigenvalue weighted by Crippen LogP contribution is 2.30. The average Bonchev–Trinajstić information content (AvgIpc) is 2.87. The Morgan fingerprint density at radius 1 is 1.14 bits per heavy atom. The summed E-state index contributed by atoms with van der Waals surface area (Å²) in [6.07, 6.45) is 0.403. The SMILES string of the molecule is Fc1ccc(OCC2Cc3cc(F)ccc3O2)c(CCl)c1. The van der Waals surface area contributed by atoms with Crippen molar-refractivity contribution in [2.75, 3.05) is 6.61 Å². The predicted octanol–water partition coefficient (Wildman–Crippen LogP) is 4.09. The molecule has 2 nitrogen and oxygen atoms in total. The van der Waals surface area contributed by atoms with Crippen molar-refractivity contribution in [3.05, 3.63) is 59.2 Å². The fraction of sp³-hybridized carbons (Fsp3) is 0.250. The smallest absolute Gasteiger partial charge is 0.137 e. The molecule has 21 heavy (non-hydrogen) atoms. The van der Waals surface area contributed by atoms with Gasteiger partial charge >= 0.3 is 0 Å². The lowest BCUT2D eigenvalue weighted by Crippen LogP contribution is -2.22. The van der Waals surface area contributed by atoms with Crippen LogP contribution in [0.5, 0.6) is 11.5 Å². The van der Waals surface area contributed by atoms with Gasteiger partial charge in [0, 0.05) is 17.5 Å². The van der Waals surface area contributed by atoms with E-state index in [2.05, 4.69) is 0 Å². The van der Waals surface area contributed by atoms with E-state index < -0.39 is 0 Å². The van der Waals surface area contributed by atoms with E-state index in [1.54, 1.807) is 12.1 Å². The first-order valence-electron chi connectivity index (χ1n) is 6.58. The average molecular weight is 311 g/mol. The van der Waals surface area contributed by atoms with Gasteiger partial charge < -0.3 is 9.47 Å². The highest BCUT2D eigenvalue weighted by Gasteiger charge is 2.24. The van der Waals surface area contributed by atoms with Crippen molar-refractivity contribution in [3.8, 4) is 11.5 Å². The van der Waals surface area contributed by atoms with Crippen molar-refractivity contribution in [2.45, 2.75) is 18.4 Å². The Kier molecular flexibility index (Phi) is 3.97. The van der Waals surface area contributed by atoms with Gasteiger partial charge in [0.2, 0.25) is 0 Å². The number of rotatable bonds is 4. The Bertz CT molecular complexity index is 661. The Balaban J connectivity index is 1.65. The van der Waals surface area contributed by atoms with Crippen LogP contribution in [0.25, 0.3) is 0 Å². The summed E-state index contributed by atoms with van der Waals surface area (Å²) in [7, 11) is 0. The maximum Gasteiger partial charge on any atom is 0.137 e. The molecule has 0 N–H and O–H groups in total. The fourth-order valence-electron chi connectivity index (χ4n) is 2.36. The molecular formula is C16H13ClF2O2. The van der Waals surface area contributed by atoms with Crippen LogP contribution in [-0.4, -0.2) is 12.7 Å². The molecule has 5 heteroatoms. The number of halogens is 3. The van der Waals surface area contributed by atoms with Crippen LogP contribution in [0.15, 0.2) is 36.4 Å². The molecule has 0 saturated heterocycles. The molecule has 2 aromatic carbocycles. The second kappa shape index (κ2) is 5.90. The second-order valence-corrected chi connectivity index (χ2v) is 5.16. The molecule has 0 bridgehead atoms. The third kappa shape index (κ3) is 3.10. The van der Waals surface area contributed by atoms with Gasteiger partial charge in [-0.3, -0.25) is 0 Å². The third-order valence-electron chi connectivity index (χ3n) is 3.35. The van der Waals surface area contributed by atoms with Crippen molar-refractivity contribution in [1.29, 1.82) is 0 Å². The van der Waals surface area contributed by atoms with Crippen molar-refractivity contribution < 1.29 is 18.3 Å². The maximum absolute atomic E-state index is 13.1. The molecule has 0 amide bonds. The van der Waals surface area contributed by atoms with Crippen LogP contribution >= 0.6 is 11.6 Å². The molecule has 1 heterocycles. The number of ether oxygens (including phenoxy) is 2. The molecule has 3 rings (SSSR count). The molecular weight excluding hydrogens is 298 g/mol. The molecule has 2 aromatic rings. The third-order valence-corrected chi connectivity index (χ3v) is 3.64. The van der Waals surface area contributed by atoms with E-state index in [1.165, 1.54) is 24.3 Å². The molecule has 1 atom stereocenters.